The lowest BCUT2D eigenvalue weighted by atomic mass is 9.96. The summed E-state index contributed by atoms with van der Waals surface area (Å²) in [5, 5.41) is 9.61. The smallest absolute Gasteiger partial charge is 0.380 e. The molecule has 7 heteroatoms. The molecular weight excluding hydrogens is 381 g/mol. The SMILES string of the molecule is C[C@@](O)(CC(=O)N1CC[NH+](C(c2ccccc2)c2ccccc2)CC1)C(F)(F)F. The number of nitrogens with zero attached hydrogens (tertiary/aromatic N) is 1. The Bertz CT molecular complexity index is 762. The minimum absolute atomic E-state index is 0.0907. The maximum absolute atomic E-state index is 12.9. The van der Waals surface area contributed by atoms with Gasteiger partial charge in [0.05, 0.1) is 32.6 Å². The highest BCUT2D eigenvalue weighted by Crippen LogP contribution is 2.33. The summed E-state index contributed by atoms with van der Waals surface area (Å²) < 4.78 is 38.6. The van der Waals surface area contributed by atoms with Crippen molar-refractivity contribution in [1.82, 2.24) is 4.90 Å². The summed E-state index contributed by atoms with van der Waals surface area (Å²) in [5.74, 6) is -0.664. The van der Waals surface area contributed by atoms with E-state index in [9.17, 15) is 23.1 Å². The molecule has 4 nitrogen and oxygen atoms in total. The number of piperazine rings is 1. The first-order valence-corrected chi connectivity index (χ1v) is 9.70. The molecule has 156 valence electrons. The fourth-order valence-corrected chi connectivity index (χ4v) is 3.79. The fourth-order valence-electron chi connectivity index (χ4n) is 3.79. The van der Waals surface area contributed by atoms with Gasteiger partial charge in [-0.25, -0.2) is 0 Å². The maximum Gasteiger partial charge on any atom is 0.417 e. The summed E-state index contributed by atoms with van der Waals surface area (Å²) >= 11 is 0. The number of carbonyl (C=O) groups is 1. The number of alkyl halides is 3. The number of nitrogens with one attached hydrogen (secondary N) is 1. The topological polar surface area (TPSA) is 45.0 Å². The Morgan fingerprint density at radius 1 is 1.00 bits per heavy atom. The Balaban J connectivity index is 1.70. The summed E-state index contributed by atoms with van der Waals surface area (Å²) in [5.41, 5.74) is -0.688. The molecule has 29 heavy (non-hydrogen) atoms. The minimum Gasteiger partial charge on any atom is -0.380 e. The Morgan fingerprint density at radius 2 is 1.45 bits per heavy atom. The highest BCUT2D eigenvalue weighted by molar-refractivity contribution is 5.77. The van der Waals surface area contributed by atoms with Gasteiger partial charge in [-0.15, -0.1) is 0 Å². The number of hydrogen-bond acceptors (Lipinski definition) is 2. The first-order chi connectivity index (χ1) is 13.7. The van der Waals surface area contributed by atoms with Crippen LogP contribution in [0.3, 0.4) is 0 Å². The van der Waals surface area contributed by atoms with Crippen molar-refractivity contribution in [2.75, 3.05) is 26.2 Å². The first kappa shape index (κ1) is 21.3. The van der Waals surface area contributed by atoms with Gasteiger partial charge in [0.1, 0.15) is 6.04 Å². The van der Waals surface area contributed by atoms with E-state index in [0.29, 0.717) is 33.1 Å². The van der Waals surface area contributed by atoms with Crippen molar-refractivity contribution in [3.63, 3.8) is 0 Å². The molecule has 2 aromatic carbocycles. The lowest BCUT2D eigenvalue weighted by Gasteiger charge is -2.38. The number of carbonyl (C=O) groups excluding carboxylic acids is 1. The van der Waals surface area contributed by atoms with Crippen molar-refractivity contribution in [2.24, 2.45) is 0 Å². The molecule has 0 bridgehead atoms. The molecule has 0 radical (unpaired) electrons. The van der Waals surface area contributed by atoms with Gasteiger partial charge in [0.15, 0.2) is 5.60 Å². The average Bonchev–Trinajstić information content (AvgIpc) is 2.69. The van der Waals surface area contributed by atoms with E-state index >= 15 is 0 Å². The van der Waals surface area contributed by atoms with Crippen LogP contribution >= 0.6 is 0 Å². The van der Waals surface area contributed by atoms with E-state index in [1.807, 2.05) is 36.4 Å². The third-order valence-electron chi connectivity index (χ3n) is 5.54. The van der Waals surface area contributed by atoms with Crippen molar-refractivity contribution in [2.45, 2.75) is 31.2 Å². The Kier molecular flexibility index (Phi) is 6.29. The van der Waals surface area contributed by atoms with Crippen molar-refractivity contribution in [3.8, 4) is 0 Å². The molecule has 0 unspecified atom stereocenters. The molecule has 2 N–H and O–H groups in total. The van der Waals surface area contributed by atoms with Crippen molar-refractivity contribution < 1.29 is 28.0 Å². The molecule has 1 aliphatic rings. The van der Waals surface area contributed by atoms with Crippen LogP contribution in [0.5, 0.6) is 0 Å². The molecule has 0 saturated carbocycles. The molecule has 3 rings (SSSR count). The van der Waals surface area contributed by atoms with E-state index in [1.165, 1.54) is 9.80 Å². The molecule has 1 amide bonds. The summed E-state index contributed by atoms with van der Waals surface area (Å²) in [6.45, 7) is 2.60. The summed E-state index contributed by atoms with van der Waals surface area (Å²) in [6.07, 6.45) is -5.78. The number of benzene rings is 2. The van der Waals surface area contributed by atoms with Crippen LogP contribution in [-0.4, -0.2) is 53.9 Å². The number of rotatable bonds is 5. The van der Waals surface area contributed by atoms with Gasteiger partial charge in [-0.2, -0.15) is 13.2 Å². The van der Waals surface area contributed by atoms with E-state index in [0.717, 1.165) is 11.1 Å². The van der Waals surface area contributed by atoms with Gasteiger partial charge >= 0.3 is 6.18 Å². The number of hydrogen-bond donors (Lipinski definition) is 2. The maximum atomic E-state index is 12.9. The standard InChI is InChI=1S/C22H25F3N2O2/c1-21(29,22(23,24)25)16-19(28)26-12-14-27(15-13-26)20(17-8-4-2-5-9-17)18-10-6-3-7-11-18/h2-11,20,29H,12-16H2,1H3/p+1/t21-/m1/s1. The molecule has 0 aromatic heterocycles. The molecule has 0 spiro atoms. The van der Waals surface area contributed by atoms with Gasteiger partial charge in [-0.05, 0) is 6.92 Å². The third kappa shape index (κ3) is 4.97. The predicted molar refractivity (Wildman–Crippen MR) is 103 cm³/mol. The first-order valence-electron chi connectivity index (χ1n) is 9.70. The normalized spacial score (nSPS) is 17.9. The molecule has 0 aliphatic carbocycles. The highest BCUT2D eigenvalue weighted by Gasteiger charge is 2.51. The second kappa shape index (κ2) is 8.55. The third-order valence-corrected chi connectivity index (χ3v) is 5.54. The van der Waals surface area contributed by atoms with Gasteiger partial charge in [-0.1, -0.05) is 60.7 Å². The largest absolute Gasteiger partial charge is 0.417 e. The van der Waals surface area contributed by atoms with Crippen LogP contribution < -0.4 is 4.90 Å². The molecule has 1 aliphatic heterocycles. The quantitative estimate of drug-likeness (QED) is 0.798. The Hall–Kier alpha value is -2.38. The summed E-state index contributed by atoms with van der Waals surface area (Å²) in [6, 6.07) is 20.3. The van der Waals surface area contributed by atoms with Gasteiger partial charge < -0.3 is 14.9 Å². The van der Waals surface area contributed by atoms with Crippen molar-refractivity contribution in [3.05, 3.63) is 71.8 Å². The highest BCUT2D eigenvalue weighted by atomic mass is 19.4. The van der Waals surface area contributed by atoms with Gasteiger partial charge in [0.2, 0.25) is 5.91 Å². The lowest BCUT2D eigenvalue weighted by Crippen LogP contribution is -3.15. The zero-order valence-electron chi connectivity index (χ0n) is 16.3. The molecular formula is C22H26F3N2O2+. The van der Waals surface area contributed by atoms with Crippen LogP contribution in [0, 0.1) is 0 Å². The van der Waals surface area contributed by atoms with Crippen LogP contribution in [-0.2, 0) is 4.79 Å². The van der Waals surface area contributed by atoms with Crippen LogP contribution in [0.1, 0.15) is 30.5 Å². The molecule has 1 atom stereocenters. The molecule has 1 heterocycles. The van der Waals surface area contributed by atoms with Crippen LogP contribution in [0.2, 0.25) is 0 Å². The number of halogens is 3. The lowest BCUT2D eigenvalue weighted by molar-refractivity contribution is -0.929. The van der Waals surface area contributed by atoms with Gasteiger partial charge in [-0.3, -0.25) is 4.79 Å². The monoisotopic (exact) mass is 407 g/mol. The van der Waals surface area contributed by atoms with Gasteiger partial charge in [0, 0.05) is 11.1 Å². The van der Waals surface area contributed by atoms with E-state index in [4.69, 9.17) is 0 Å². The summed E-state index contributed by atoms with van der Waals surface area (Å²) in [4.78, 5) is 15.0. The van der Waals surface area contributed by atoms with Crippen LogP contribution in [0.15, 0.2) is 60.7 Å². The Labute approximate surface area is 168 Å². The Morgan fingerprint density at radius 3 is 1.86 bits per heavy atom. The molecule has 1 fully saturated rings. The number of quaternary nitrogens is 1. The predicted octanol–water partition coefficient (Wildman–Crippen LogP) is 2.21. The number of amides is 1. The minimum atomic E-state index is -4.83. The van der Waals surface area contributed by atoms with Crippen molar-refractivity contribution in [1.29, 1.82) is 0 Å². The average molecular weight is 407 g/mol. The fraction of sp³-hybridized carbons (Fsp3) is 0.409. The van der Waals surface area contributed by atoms with Crippen LogP contribution in [0.4, 0.5) is 13.2 Å². The van der Waals surface area contributed by atoms with E-state index < -0.39 is 24.1 Å². The van der Waals surface area contributed by atoms with E-state index in [2.05, 4.69) is 24.3 Å². The molecule has 2 aromatic rings. The molecule has 1 saturated heterocycles. The van der Waals surface area contributed by atoms with E-state index in [-0.39, 0.29) is 6.04 Å². The number of aliphatic hydroxyl groups is 1. The summed E-state index contributed by atoms with van der Waals surface area (Å²) in [7, 11) is 0. The second-order valence-electron chi connectivity index (χ2n) is 7.74. The second-order valence-corrected chi connectivity index (χ2v) is 7.74. The van der Waals surface area contributed by atoms with Crippen molar-refractivity contribution >= 4 is 5.91 Å². The van der Waals surface area contributed by atoms with Crippen LogP contribution in [0.25, 0.3) is 0 Å². The van der Waals surface area contributed by atoms with E-state index in [1.54, 1.807) is 0 Å². The zero-order chi connectivity index (χ0) is 21.1. The zero-order valence-corrected chi connectivity index (χ0v) is 16.3. The van der Waals surface area contributed by atoms with Gasteiger partial charge in [0.25, 0.3) is 0 Å².